The van der Waals surface area contributed by atoms with Gasteiger partial charge in [-0.2, -0.15) is 0 Å². The van der Waals surface area contributed by atoms with E-state index in [1.807, 2.05) is 22.6 Å². The van der Waals surface area contributed by atoms with Crippen LogP contribution in [0.2, 0.25) is 0 Å². The predicted octanol–water partition coefficient (Wildman–Crippen LogP) is 6.03. The van der Waals surface area contributed by atoms with Gasteiger partial charge >= 0.3 is 0 Å². The minimum atomic E-state index is 0.286. The zero-order valence-corrected chi connectivity index (χ0v) is 16.3. The molecular weight excluding hydrogens is 322 g/mol. The van der Waals surface area contributed by atoms with Crippen LogP contribution in [0.15, 0.2) is 52.8 Å². The Labute approximate surface area is 155 Å². The van der Waals surface area contributed by atoms with E-state index in [4.69, 9.17) is 4.98 Å². The van der Waals surface area contributed by atoms with Crippen molar-refractivity contribution in [2.24, 2.45) is 10.2 Å². The van der Waals surface area contributed by atoms with Crippen LogP contribution < -0.4 is 4.90 Å². The Balaban J connectivity index is 1.95. The van der Waals surface area contributed by atoms with E-state index in [0.717, 1.165) is 35.9 Å². The van der Waals surface area contributed by atoms with Crippen molar-refractivity contribution in [3.05, 3.63) is 53.9 Å². The molecule has 0 N–H and O–H groups in total. The van der Waals surface area contributed by atoms with Crippen LogP contribution in [0.5, 0.6) is 0 Å². The largest absolute Gasteiger partial charge is 0.372 e. The fourth-order valence-electron chi connectivity index (χ4n) is 3.07. The second-order valence-electron chi connectivity index (χ2n) is 6.80. The molecule has 2 aromatic heterocycles. The maximum Gasteiger partial charge on any atom is 0.183 e. The van der Waals surface area contributed by atoms with Gasteiger partial charge in [0.2, 0.25) is 0 Å². The van der Waals surface area contributed by atoms with E-state index in [1.54, 1.807) is 0 Å². The van der Waals surface area contributed by atoms with Crippen LogP contribution >= 0.6 is 0 Å². The fraction of sp³-hybridized carbons (Fsp3) is 0.381. The van der Waals surface area contributed by atoms with E-state index in [-0.39, 0.29) is 5.92 Å². The molecule has 136 valence electrons. The molecule has 0 saturated carbocycles. The molecule has 0 atom stereocenters. The number of benzene rings is 1. The van der Waals surface area contributed by atoms with Gasteiger partial charge in [-0.05, 0) is 62.6 Å². The van der Waals surface area contributed by atoms with E-state index in [0.29, 0.717) is 0 Å². The van der Waals surface area contributed by atoms with Crippen LogP contribution in [0.1, 0.15) is 44.9 Å². The maximum atomic E-state index is 4.73. The Hall–Kier alpha value is -2.69. The summed E-state index contributed by atoms with van der Waals surface area (Å²) in [7, 11) is 0. The second-order valence-corrected chi connectivity index (χ2v) is 6.80. The first-order valence-corrected chi connectivity index (χ1v) is 9.28. The highest BCUT2D eigenvalue weighted by atomic mass is 15.2. The van der Waals surface area contributed by atoms with Gasteiger partial charge in [0.15, 0.2) is 5.82 Å². The molecule has 5 heteroatoms. The summed E-state index contributed by atoms with van der Waals surface area (Å²) in [5.41, 5.74) is 5.11. The van der Waals surface area contributed by atoms with Crippen LogP contribution in [-0.2, 0) is 0 Å². The van der Waals surface area contributed by atoms with Crippen molar-refractivity contribution in [1.29, 1.82) is 0 Å². The van der Waals surface area contributed by atoms with Crippen LogP contribution in [-0.4, -0.2) is 22.5 Å². The number of hydrogen-bond donors (Lipinski definition) is 0. The Morgan fingerprint density at radius 2 is 1.69 bits per heavy atom. The smallest absolute Gasteiger partial charge is 0.183 e. The normalized spacial score (nSPS) is 11.8. The summed E-state index contributed by atoms with van der Waals surface area (Å²) in [5, 5.41) is 9.02. The molecule has 26 heavy (non-hydrogen) atoms. The summed E-state index contributed by atoms with van der Waals surface area (Å²) in [6, 6.07) is 12.3. The van der Waals surface area contributed by atoms with Crippen molar-refractivity contribution in [2.75, 3.05) is 18.0 Å². The fourth-order valence-corrected chi connectivity index (χ4v) is 3.07. The van der Waals surface area contributed by atoms with Crippen molar-refractivity contribution in [3.8, 4) is 0 Å². The number of rotatable bonds is 6. The average molecular weight is 349 g/mol. The summed E-state index contributed by atoms with van der Waals surface area (Å²) in [4.78, 5) is 7.04. The Morgan fingerprint density at radius 3 is 2.31 bits per heavy atom. The van der Waals surface area contributed by atoms with Crippen LogP contribution in [0.25, 0.3) is 5.65 Å². The molecule has 0 aliphatic carbocycles. The molecule has 0 bridgehead atoms. The number of imidazole rings is 1. The molecule has 5 nitrogen and oxygen atoms in total. The van der Waals surface area contributed by atoms with Gasteiger partial charge in [-0.3, -0.25) is 4.40 Å². The van der Waals surface area contributed by atoms with E-state index in [2.05, 4.69) is 74.1 Å². The van der Waals surface area contributed by atoms with Gasteiger partial charge in [0.05, 0.1) is 11.4 Å². The van der Waals surface area contributed by atoms with Gasteiger partial charge in [0, 0.05) is 25.0 Å². The van der Waals surface area contributed by atoms with Gasteiger partial charge < -0.3 is 4.90 Å². The molecule has 0 aliphatic heterocycles. The lowest BCUT2D eigenvalue weighted by atomic mass is 10.1. The molecule has 3 rings (SSSR count). The van der Waals surface area contributed by atoms with Gasteiger partial charge in [-0.25, -0.2) is 4.98 Å². The first kappa shape index (κ1) is 18.1. The minimum absolute atomic E-state index is 0.286. The first-order chi connectivity index (χ1) is 12.5. The highest BCUT2D eigenvalue weighted by Gasteiger charge is 2.15. The standard InChI is InChI=1S/C21H27N5/c1-6-25(7-2)18-11-9-17(10-12-18)23-24-21-20(15(3)4)22-19-13-8-16(5)14-26(19)21/h8-15H,6-7H2,1-5H3. The molecule has 0 amide bonds. The third-order valence-electron chi connectivity index (χ3n) is 4.55. The highest BCUT2D eigenvalue weighted by molar-refractivity contribution is 5.55. The molecule has 0 aliphatic rings. The Kier molecular flexibility index (Phi) is 5.35. The van der Waals surface area contributed by atoms with Gasteiger partial charge in [-0.1, -0.05) is 19.9 Å². The molecule has 0 saturated heterocycles. The molecule has 2 heterocycles. The molecular formula is C21H27N5. The summed E-state index contributed by atoms with van der Waals surface area (Å²) in [5.74, 6) is 1.10. The molecule has 0 unspecified atom stereocenters. The topological polar surface area (TPSA) is 45.3 Å². The summed E-state index contributed by atoms with van der Waals surface area (Å²) in [6.07, 6.45) is 2.06. The Morgan fingerprint density at radius 1 is 1.00 bits per heavy atom. The number of aromatic nitrogens is 2. The summed E-state index contributed by atoms with van der Waals surface area (Å²) < 4.78 is 2.03. The summed E-state index contributed by atoms with van der Waals surface area (Å²) in [6.45, 7) is 12.7. The van der Waals surface area contributed by atoms with Crippen molar-refractivity contribution in [3.63, 3.8) is 0 Å². The van der Waals surface area contributed by atoms with Crippen molar-refractivity contribution in [1.82, 2.24) is 9.38 Å². The number of aryl methyl sites for hydroxylation is 1. The average Bonchev–Trinajstić information content (AvgIpc) is 3.00. The van der Waals surface area contributed by atoms with Crippen molar-refractivity contribution in [2.45, 2.75) is 40.5 Å². The van der Waals surface area contributed by atoms with Crippen molar-refractivity contribution < 1.29 is 0 Å². The molecule has 0 fully saturated rings. The first-order valence-electron chi connectivity index (χ1n) is 9.28. The third kappa shape index (κ3) is 3.62. The predicted molar refractivity (Wildman–Crippen MR) is 108 cm³/mol. The number of anilines is 1. The SMILES string of the molecule is CCN(CC)c1ccc(N=Nc2c(C(C)C)nc3ccc(C)cn23)cc1. The number of fused-ring (bicyclic) bond motifs is 1. The van der Waals surface area contributed by atoms with E-state index < -0.39 is 0 Å². The van der Waals surface area contributed by atoms with Crippen LogP contribution in [0.3, 0.4) is 0 Å². The zero-order valence-electron chi connectivity index (χ0n) is 16.3. The molecule has 0 radical (unpaired) electrons. The lowest BCUT2D eigenvalue weighted by Crippen LogP contribution is -2.21. The highest BCUT2D eigenvalue weighted by Crippen LogP contribution is 2.30. The van der Waals surface area contributed by atoms with Gasteiger partial charge in [0.1, 0.15) is 5.65 Å². The van der Waals surface area contributed by atoms with Gasteiger partial charge in [0.25, 0.3) is 0 Å². The van der Waals surface area contributed by atoms with Crippen LogP contribution in [0, 0.1) is 6.92 Å². The summed E-state index contributed by atoms with van der Waals surface area (Å²) >= 11 is 0. The number of azo groups is 1. The molecule has 3 aromatic rings. The molecule has 0 spiro atoms. The minimum Gasteiger partial charge on any atom is -0.372 e. The number of nitrogens with zero attached hydrogens (tertiary/aromatic N) is 5. The lowest BCUT2D eigenvalue weighted by Gasteiger charge is -2.20. The van der Waals surface area contributed by atoms with Crippen molar-refractivity contribution >= 4 is 22.8 Å². The van der Waals surface area contributed by atoms with E-state index in [9.17, 15) is 0 Å². The monoisotopic (exact) mass is 349 g/mol. The zero-order chi connectivity index (χ0) is 18.7. The second kappa shape index (κ2) is 7.68. The van der Waals surface area contributed by atoms with Gasteiger partial charge in [-0.15, -0.1) is 10.2 Å². The molecule has 1 aromatic carbocycles. The lowest BCUT2D eigenvalue weighted by molar-refractivity contribution is 0.831. The van der Waals surface area contributed by atoms with Crippen LogP contribution in [0.4, 0.5) is 17.2 Å². The quantitative estimate of drug-likeness (QED) is 0.510. The van der Waals surface area contributed by atoms with E-state index >= 15 is 0 Å². The maximum absolute atomic E-state index is 4.73. The third-order valence-corrected chi connectivity index (χ3v) is 4.55. The van der Waals surface area contributed by atoms with E-state index in [1.165, 1.54) is 11.3 Å². The number of pyridine rings is 1. The number of hydrogen-bond acceptors (Lipinski definition) is 4. The Bertz CT molecular complexity index is 902.